The Hall–Kier alpha value is -2.45. The fourth-order valence-corrected chi connectivity index (χ4v) is 2.67. The molecule has 7 nitrogen and oxygen atoms in total. The summed E-state index contributed by atoms with van der Waals surface area (Å²) in [6.07, 6.45) is 0.664. The number of carbonyl (C=O) groups excluding carboxylic acids is 2. The molecule has 1 amide bonds. The largest absolute Gasteiger partial charge is 0.482 e. The first-order valence-electron chi connectivity index (χ1n) is 7.33. The van der Waals surface area contributed by atoms with Gasteiger partial charge in [0.05, 0.1) is 12.1 Å². The minimum Gasteiger partial charge on any atom is -0.482 e. The van der Waals surface area contributed by atoms with Gasteiger partial charge >= 0.3 is 5.97 Å². The lowest BCUT2D eigenvalue weighted by Gasteiger charge is -2.08. The van der Waals surface area contributed by atoms with Crippen LogP contribution < -0.4 is 15.8 Å². The van der Waals surface area contributed by atoms with Gasteiger partial charge in [-0.3, -0.25) is 4.79 Å². The number of carbonyl (C=O) groups is 2. The number of thiazole rings is 1. The van der Waals surface area contributed by atoms with E-state index in [1.807, 2.05) is 6.07 Å². The lowest BCUT2D eigenvalue weighted by molar-refractivity contribution is -0.142. The number of esters is 1. The molecule has 0 aliphatic heterocycles. The topological polar surface area (TPSA) is 104 Å². The molecular formula is C16H19N3O4S. The zero-order chi connectivity index (χ0) is 17.4. The van der Waals surface area contributed by atoms with E-state index in [0.717, 1.165) is 10.6 Å². The number of nitrogens with two attached hydrogens (primary N) is 1. The predicted octanol–water partition coefficient (Wildman–Crippen LogP) is 1.13. The number of methoxy groups -OCH3 is 1. The molecule has 3 N–H and O–H groups in total. The fraction of sp³-hybridized carbons (Fsp3) is 0.312. The van der Waals surface area contributed by atoms with Crippen molar-refractivity contribution in [1.29, 1.82) is 0 Å². The van der Waals surface area contributed by atoms with Gasteiger partial charge in [0, 0.05) is 18.3 Å². The molecule has 1 aromatic carbocycles. The van der Waals surface area contributed by atoms with E-state index >= 15 is 0 Å². The van der Waals surface area contributed by atoms with Crippen LogP contribution in [0, 0.1) is 0 Å². The minimum atomic E-state index is -0.453. The van der Waals surface area contributed by atoms with Gasteiger partial charge in [0.25, 0.3) is 5.91 Å². The standard InChI is InChI=1S/C16H19N3O4S/c1-22-15(20)9-23-12-4-2-3-11(7-12)8-18-16(21)13-10-24-14(19-13)5-6-17/h2-4,7,10H,5-6,8-9,17H2,1H3,(H,18,21). The third-order valence-electron chi connectivity index (χ3n) is 3.08. The molecule has 0 aliphatic carbocycles. The molecule has 24 heavy (non-hydrogen) atoms. The fourth-order valence-electron chi connectivity index (χ4n) is 1.87. The molecule has 0 unspecified atom stereocenters. The van der Waals surface area contributed by atoms with Crippen LogP contribution >= 0.6 is 11.3 Å². The van der Waals surface area contributed by atoms with Crippen LogP contribution in [0.25, 0.3) is 0 Å². The van der Waals surface area contributed by atoms with Gasteiger partial charge in [-0.05, 0) is 24.2 Å². The van der Waals surface area contributed by atoms with Crippen molar-refractivity contribution < 1.29 is 19.1 Å². The summed E-state index contributed by atoms with van der Waals surface area (Å²) in [5.74, 6) is -0.160. The minimum absolute atomic E-state index is 0.158. The normalized spacial score (nSPS) is 10.2. The average Bonchev–Trinajstić information content (AvgIpc) is 3.07. The molecule has 0 radical (unpaired) electrons. The summed E-state index contributed by atoms with van der Waals surface area (Å²) < 4.78 is 9.83. The Morgan fingerprint density at radius 1 is 1.38 bits per heavy atom. The van der Waals surface area contributed by atoms with Crippen molar-refractivity contribution in [1.82, 2.24) is 10.3 Å². The quantitative estimate of drug-likeness (QED) is 0.692. The molecule has 0 saturated heterocycles. The Kier molecular flexibility index (Phi) is 6.71. The highest BCUT2D eigenvalue weighted by atomic mass is 32.1. The van der Waals surface area contributed by atoms with Gasteiger partial charge in [0.2, 0.25) is 0 Å². The molecule has 128 valence electrons. The summed E-state index contributed by atoms with van der Waals surface area (Å²) in [4.78, 5) is 27.4. The molecule has 1 aromatic heterocycles. The van der Waals surface area contributed by atoms with Gasteiger partial charge in [-0.1, -0.05) is 12.1 Å². The summed E-state index contributed by atoms with van der Waals surface area (Å²) in [6, 6.07) is 7.13. The molecule has 2 rings (SSSR count). The van der Waals surface area contributed by atoms with Gasteiger partial charge in [-0.2, -0.15) is 0 Å². The van der Waals surface area contributed by atoms with Gasteiger partial charge in [0.15, 0.2) is 6.61 Å². The number of nitrogens with one attached hydrogen (secondary N) is 1. The lowest BCUT2D eigenvalue weighted by Crippen LogP contribution is -2.23. The van der Waals surface area contributed by atoms with E-state index < -0.39 is 5.97 Å². The molecule has 0 aliphatic rings. The van der Waals surface area contributed by atoms with Crippen LogP contribution in [-0.4, -0.2) is 37.1 Å². The second-order valence-corrected chi connectivity index (χ2v) is 5.80. The highest BCUT2D eigenvalue weighted by molar-refractivity contribution is 7.09. The Balaban J connectivity index is 1.88. The molecule has 0 atom stereocenters. The lowest BCUT2D eigenvalue weighted by atomic mass is 10.2. The maximum absolute atomic E-state index is 12.1. The molecular weight excluding hydrogens is 330 g/mol. The number of ether oxygens (including phenoxy) is 2. The smallest absolute Gasteiger partial charge is 0.343 e. The van der Waals surface area contributed by atoms with E-state index in [-0.39, 0.29) is 12.5 Å². The van der Waals surface area contributed by atoms with Crippen molar-refractivity contribution in [3.63, 3.8) is 0 Å². The number of rotatable bonds is 8. The van der Waals surface area contributed by atoms with Crippen LogP contribution in [0.2, 0.25) is 0 Å². The average molecular weight is 349 g/mol. The van der Waals surface area contributed by atoms with Crippen LogP contribution in [0.3, 0.4) is 0 Å². The first-order chi connectivity index (χ1) is 11.6. The molecule has 0 fully saturated rings. The SMILES string of the molecule is COC(=O)COc1cccc(CNC(=O)c2csc(CCN)n2)c1. The van der Waals surface area contributed by atoms with Crippen LogP contribution in [0.5, 0.6) is 5.75 Å². The molecule has 1 heterocycles. The number of nitrogens with zero attached hydrogens (tertiary/aromatic N) is 1. The highest BCUT2D eigenvalue weighted by Crippen LogP contribution is 2.14. The molecule has 2 aromatic rings. The number of hydrogen-bond donors (Lipinski definition) is 2. The van der Waals surface area contributed by atoms with Crippen LogP contribution in [-0.2, 0) is 22.5 Å². The predicted molar refractivity (Wildman–Crippen MR) is 90.0 cm³/mol. The van der Waals surface area contributed by atoms with Crippen molar-refractivity contribution in [2.75, 3.05) is 20.3 Å². The summed E-state index contributed by atoms with van der Waals surface area (Å²) in [5, 5.41) is 5.37. The van der Waals surface area contributed by atoms with Crippen molar-refractivity contribution in [2.24, 2.45) is 5.73 Å². The number of aromatic nitrogens is 1. The van der Waals surface area contributed by atoms with Crippen molar-refractivity contribution in [2.45, 2.75) is 13.0 Å². The maximum Gasteiger partial charge on any atom is 0.343 e. The number of hydrogen-bond acceptors (Lipinski definition) is 7. The molecule has 0 spiro atoms. The second kappa shape index (κ2) is 8.99. The van der Waals surface area contributed by atoms with Gasteiger partial charge in [0.1, 0.15) is 11.4 Å². The summed E-state index contributed by atoms with van der Waals surface area (Å²) in [5.41, 5.74) is 6.71. The number of amides is 1. The number of benzene rings is 1. The van der Waals surface area contributed by atoms with Crippen molar-refractivity contribution >= 4 is 23.2 Å². The summed E-state index contributed by atoms with van der Waals surface area (Å²) in [7, 11) is 1.30. The molecule has 8 heteroatoms. The second-order valence-electron chi connectivity index (χ2n) is 4.86. The van der Waals surface area contributed by atoms with Crippen LogP contribution in [0.1, 0.15) is 21.1 Å². The zero-order valence-electron chi connectivity index (χ0n) is 13.3. The van der Waals surface area contributed by atoms with Gasteiger partial charge in [-0.15, -0.1) is 11.3 Å². The Labute approximate surface area is 143 Å². The van der Waals surface area contributed by atoms with Crippen molar-refractivity contribution in [3.8, 4) is 5.75 Å². The monoisotopic (exact) mass is 349 g/mol. The van der Waals surface area contributed by atoms with E-state index in [0.29, 0.717) is 31.0 Å². The third kappa shape index (κ3) is 5.32. The van der Waals surface area contributed by atoms with Gasteiger partial charge < -0.3 is 20.5 Å². The first-order valence-corrected chi connectivity index (χ1v) is 8.21. The van der Waals surface area contributed by atoms with Crippen LogP contribution in [0.4, 0.5) is 0 Å². The Bertz CT molecular complexity index is 702. The van der Waals surface area contributed by atoms with E-state index in [9.17, 15) is 9.59 Å². The highest BCUT2D eigenvalue weighted by Gasteiger charge is 2.10. The van der Waals surface area contributed by atoms with E-state index in [1.54, 1.807) is 23.6 Å². The molecule has 0 saturated carbocycles. The first kappa shape index (κ1) is 17.9. The van der Waals surface area contributed by atoms with E-state index in [2.05, 4.69) is 15.0 Å². The van der Waals surface area contributed by atoms with Crippen LogP contribution in [0.15, 0.2) is 29.6 Å². The summed E-state index contributed by atoms with van der Waals surface area (Å²) in [6.45, 7) is 0.681. The van der Waals surface area contributed by atoms with Gasteiger partial charge in [-0.25, -0.2) is 9.78 Å². The molecule has 0 bridgehead atoms. The zero-order valence-corrected chi connectivity index (χ0v) is 14.1. The Morgan fingerprint density at radius 3 is 2.96 bits per heavy atom. The third-order valence-corrected chi connectivity index (χ3v) is 3.99. The van der Waals surface area contributed by atoms with Crippen molar-refractivity contribution in [3.05, 3.63) is 45.9 Å². The van der Waals surface area contributed by atoms with E-state index in [1.165, 1.54) is 18.4 Å². The Morgan fingerprint density at radius 2 is 2.21 bits per heavy atom. The summed E-state index contributed by atoms with van der Waals surface area (Å²) >= 11 is 1.42. The van der Waals surface area contributed by atoms with E-state index in [4.69, 9.17) is 10.5 Å². The maximum atomic E-state index is 12.1.